The van der Waals surface area contributed by atoms with E-state index >= 15 is 0 Å². The first-order valence-electron chi connectivity index (χ1n) is 8.72. The Hall–Kier alpha value is -3.15. The Balaban J connectivity index is 1.65. The predicted molar refractivity (Wildman–Crippen MR) is 99.8 cm³/mol. The first kappa shape index (κ1) is 18.6. The van der Waals surface area contributed by atoms with Gasteiger partial charge in [0.05, 0.1) is 0 Å². The maximum absolute atomic E-state index is 12.8. The summed E-state index contributed by atoms with van der Waals surface area (Å²) in [6.07, 6.45) is 0. The quantitative estimate of drug-likeness (QED) is 0.652. The molecule has 3 rings (SSSR count). The van der Waals surface area contributed by atoms with Gasteiger partial charge >= 0.3 is 12.0 Å². The summed E-state index contributed by atoms with van der Waals surface area (Å²) in [5.74, 6) is -1.10. The molecule has 0 saturated carbocycles. The number of esters is 1. The Labute approximate surface area is 158 Å². The second kappa shape index (κ2) is 7.23. The average Bonchev–Trinajstić information content (AvgIpc) is 2.86. The minimum Gasteiger partial charge on any atom is -0.459 e. The maximum atomic E-state index is 12.8. The van der Waals surface area contributed by atoms with Crippen molar-refractivity contribution < 1.29 is 19.1 Å². The van der Waals surface area contributed by atoms with Gasteiger partial charge in [-0.15, -0.1) is 0 Å². The Morgan fingerprint density at radius 1 is 1.00 bits per heavy atom. The zero-order valence-corrected chi connectivity index (χ0v) is 15.6. The SMILES string of the molecule is Cc1ccc(COC(=O)CN2C(=O)N[C@](C)(c3ccc(C)cc3)C2=O)cc1. The molecule has 6 heteroatoms. The van der Waals surface area contributed by atoms with Gasteiger partial charge in [0.1, 0.15) is 18.7 Å². The lowest BCUT2D eigenvalue weighted by atomic mass is 9.91. The summed E-state index contributed by atoms with van der Waals surface area (Å²) in [7, 11) is 0. The molecule has 1 N–H and O–H groups in total. The van der Waals surface area contributed by atoms with E-state index in [0.717, 1.165) is 21.6 Å². The average molecular weight is 366 g/mol. The number of benzene rings is 2. The van der Waals surface area contributed by atoms with Crippen LogP contribution >= 0.6 is 0 Å². The lowest BCUT2D eigenvalue weighted by Crippen LogP contribution is -2.41. The maximum Gasteiger partial charge on any atom is 0.326 e. The van der Waals surface area contributed by atoms with E-state index in [1.165, 1.54) is 0 Å². The number of aryl methyl sites for hydroxylation is 2. The topological polar surface area (TPSA) is 75.7 Å². The van der Waals surface area contributed by atoms with Crippen LogP contribution in [0.5, 0.6) is 0 Å². The van der Waals surface area contributed by atoms with Gasteiger partial charge in [-0.2, -0.15) is 0 Å². The van der Waals surface area contributed by atoms with Crippen molar-refractivity contribution in [1.82, 2.24) is 10.2 Å². The summed E-state index contributed by atoms with van der Waals surface area (Å²) in [5, 5.41) is 2.68. The largest absolute Gasteiger partial charge is 0.459 e. The second-order valence-electron chi connectivity index (χ2n) is 6.96. The summed E-state index contributed by atoms with van der Waals surface area (Å²) >= 11 is 0. The first-order chi connectivity index (χ1) is 12.8. The van der Waals surface area contributed by atoms with Crippen molar-refractivity contribution in [3.05, 3.63) is 70.8 Å². The van der Waals surface area contributed by atoms with Gasteiger partial charge in [-0.3, -0.25) is 14.5 Å². The summed E-state index contributed by atoms with van der Waals surface area (Å²) in [5.41, 5.74) is 2.48. The van der Waals surface area contributed by atoms with Crippen LogP contribution in [0.3, 0.4) is 0 Å². The molecule has 0 bridgehead atoms. The second-order valence-corrected chi connectivity index (χ2v) is 6.96. The van der Waals surface area contributed by atoms with E-state index < -0.39 is 30.0 Å². The van der Waals surface area contributed by atoms with E-state index in [4.69, 9.17) is 4.74 Å². The van der Waals surface area contributed by atoms with Gasteiger partial charge in [0.15, 0.2) is 0 Å². The Kier molecular flexibility index (Phi) is 4.99. The molecule has 2 aromatic rings. The zero-order chi connectivity index (χ0) is 19.6. The van der Waals surface area contributed by atoms with Crippen molar-refractivity contribution >= 4 is 17.9 Å². The minimum absolute atomic E-state index is 0.0952. The number of hydrogen-bond acceptors (Lipinski definition) is 4. The molecule has 1 heterocycles. The number of urea groups is 1. The standard InChI is InChI=1S/C21H22N2O4/c1-14-4-8-16(9-5-14)13-27-18(24)12-23-19(25)21(3,22-20(23)26)17-10-6-15(2)7-11-17/h4-11H,12-13H2,1-3H3,(H,22,26)/t21-/m1/s1. The molecule has 0 unspecified atom stereocenters. The monoisotopic (exact) mass is 366 g/mol. The molecule has 0 radical (unpaired) electrons. The molecular weight excluding hydrogens is 344 g/mol. The number of amides is 3. The molecule has 140 valence electrons. The molecular formula is C21H22N2O4. The van der Waals surface area contributed by atoms with Gasteiger partial charge < -0.3 is 10.1 Å². The van der Waals surface area contributed by atoms with E-state index in [1.807, 2.05) is 50.2 Å². The third-order valence-corrected chi connectivity index (χ3v) is 4.71. The van der Waals surface area contributed by atoms with E-state index in [9.17, 15) is 14.4 Å². The van der Waals surface area contributed by atoms with Crippen molar-refractivity contribution in [2.45, 2.75) is 32.9 Å². The van der Waals surface area contributed by atoms with Crippen LogP contribution in [0.2, 0.25) is 0 Å². The van der Waals surface area contributed by atoms with Crippen molar-refractivity contribution in [2.75, 3.05) is 6.54 Å². The Morgan fingerprint density at radius 2 is 1.56 bits per heavy atom. The molecule has 1 saturated heterocycles. The third kappa shape index (κ3) is 3.84. The van der Waals surface area contributed by atoms with Crippen molar-refractivity contribution in [3.8, 4) is 0 Å². The molecule has 0 aromatic heterocycles. The third-order valence-electron chi connectivity index (χ3n) is 4.71. The number of nitrogens with zero attached hydrogens (tertiary/aromatic N) is 1. The molecule has 2 aromatic carbocycles. The molecule has 1 atom stereocenters. The molecule has 0 spiro atoms. The molecule has 1 fully saturated rings. The van der Waals surface area contributed by atoms with Crippen LogP contribution in [-0.4, -0.2) is 29.4 Å². The number of ether oxygens (including phenoxy) is 1. The van der Waals surface area contributed by atoms with Crippen LogP contribution in [0.15, 0.2) is 48.5 Å². The molecule has 0 aliphatic carbocycles. The van der Waals surface area contributed by atoms with Crippen molar-refractivity contribution in [2.24, 2.45) is 0 Å². The smallest absolute Gasteiger partial charge is 0.326 e. The van der Waals surface area contributed by atoms with Gasteiger partial charge in [0.2, 0.25) is 0 Å². The summed E-state index contributed by atoms with van der Waals surface area (Å²) < 4.78 is 5.20. The summed E-state index contributed by atoms with van der Waals surface area (Å²) in [6.45, 7) is 5.22. The lowest BCUT2D eigenvalue weighted by molar-refractivity contribution is -0.148. The van der Waals surface area contributed by atoms with Gasteiger partial charge in [-0.25, -0.2) is 4.79 Å². The predicted octanol–water partition coefficient (Wildman–Crippen LogP) is 2.81. The fourth-order valence-corrected chi connectivity index (χ4v) is 2.95. The normalized spacial score (nSPS) is 19.1. The van der Waals surface area contributed by atoms with Gasteiger partial charge in [-0.05, 0) is 31.9 Å². The minimum atomic E-state index is -1.19. The molecule has 6 nitrogen and oxygen atoms in total. The van der Waals surface area contributed by atoms with E-state index in [0.29, 0.717) is 5.56 Å². The molecule has 1 aliphatic rings. The lowest BCUT2D eigenvalue weighted by Gasteiger charge is -2.22. The van der Waals surface area contributed by atoms with E-state index in [-0.39, 0.29) is 6.61 Å². The number of rotatable bonds is 5. The van der Waals surface area contributed by atoms with Gasteiger partial charge in [-0.1, -0.05) is 59.7 Å². The fraction of sp³-hybridized carbons (Fsp3) is 0.286. The summed E-state index contributed by atoms with van der Waals surface area (Å²) in [6, 6.07) is 14.3. The van der Waals surface area contributed by atoms with Gasteiger partial charge in [0, 0.05) is 0 Å². The highest BCUT2D eigenvalue weighted by Crippen LogP contribution is 2.28. The van der Waals surface area contributed by atoms with Crippen LogP contribution in [0.25, 0.3) is 0 Å². The molecule has 27 heavy (non-hydrogen) atoms. The number of carbonyl (C=O) groups is 3. The number of nitrogens with one attached hydrogen (secondary N) is 1. The molecule has 1 aliphatic heterocycles. The number of carbonyl (C=O) groups excluding carboxylic acids is 3. The Morgan fingerprint density at radius 3 is 2.15 bits per heavy atom. The van der Waals surface area contributed by atoms with Gasteiger partial charge in [0.25, 0.3) is 5.91 Å². The van der Waals surface area contributed by atoms with Crippen LogP contribution in [0, 0.1) is 13.8 Å². The first-order valence-corrected chi connectivity index (χ1v) is 8.72. The Bertz CT molecular complexity index is 874. The zero-order valence-electron chi connectivity index (χ0n) is 15.6. The highest BCUT2D eigenvalue weighted by atomic mass is 16.5. The number of hydrogen-bond donors (Lipinski definition) is 1. The van der Waals surface area contributed by atoms with Crippen LogP contribution in [-0.2, 0) is 26.5 Å². The van der Waals surface area contributed by atoms with E-state index in [2.05, 4.69) is 5.32 Å². The summed E-state index contributed by atoms with van der Waals surface area (Å²) in [4.78, 5) is 38.1. The highest BCUT2D eigenvalue weighted by Gasteiger charge is 2.49. The fourth-order valence-electron chi connectivity index (χ4n) is 2.95. The van der Waals surface area contributed by atoms with Crippen LogP contribution < -0.4 is 5.32 Å². The van der Waals surface area contributed by atoms with Crippen LogP contribution in [0.1, 0.15) is 29.2 Å². The van der Waals surface area contributed by atoms with Crippen LogP contribution in [0.4, 0.5) is 4.79 Å². The van der Waals surface area contributed by atoms with Crippen molar-refractivity contribution in [3.63, 3.8) is 0 Å². The van der Waals surface area contributed by atoms with E-state index in [1.54, 1.807) is 19.1 Å². The molecule has 3 amide bonds. The highest BCUT2D eigenvalue weighted by molar-refractivity contribution is 6.08. The number of imide groups is 1. The van der Waals surface area contributed by atoms with Crippen molar-refractivity contribution in [1.29, 1.82) is 0 Å².